The van der Waals surface area contributed by atoms with Crippen LogP contribution in [-0.2, 0) is 7.05 Å². The molecule has 0 unspecified atom stereocenters. The summed E-state index contributed by atoms with van der Waals surface area (Å²) in [7, 11) is 1.79. The summed E-state index contributed by atoms with van der Waals surface area (Å²) in [4.78, 5) is 17.9. The highest BCUT2D eigenvalue weighted by atomic mass is 16.5. The Bertz CT molecular complexity index is 1340. The maximum Gasteiger partial charge on any atom is 0.259 e. The lowest BCUT2D eigenvalue weighted by Gasteiger charge is -2.08. The molecule has 0 aliphatic rings. The zero-order valence-electron chi connectivity index (χ0n) is 16.1. The van der Waals surface area contributed by atoms with Crippen molar-refractivity contribution >= 4 is 22.8 Å². The van der Waals surface area contributed by atoms with Crippen molar-refractivity contribution in [2.45, 2.75) is 0 Å². The van der Waals surface area contributed by atoms with Crippen LogP contribution in [-0.4, -0.2) is 25.8 Å². The summed E-state index contributed by atoms with van der Waals surface area (Å²) in [6.07, 6.45) is 1.77. The first-order chi connectivity index (χ1) is 14.7. The lowest BCUT2D eigenvalue weighted by molar-refractivity contribution is 0.102. The zero-order valence-corrected chi connectivity index (χ0v) is 16.1. The number of aryl methyl sites for hydroxylation is 1. The van der Waals surface area contributed by atoms with Crippen LogP contribution in [0, 0.1) is 0 Å². The van der Waals surface area contributed by atoms with Crippen molar-refractivity contribution in [1.82, 2.24) is 19.9 Å². The number of nitrogens with one attached hydrogen (secondary N) is 1. The molecule has 0 aliphatic heterocycles. The molecule has 5 aromatic rings. The molecule has 0 radical (unpaired) electrons. The van der Waals surface area contributed by atoms with Gasteiger partial charge in [0, 0.05) is 30.4 Å². The van der Waals surface area contributed by atoms with Crippen LogP contribution >= 0.6 is 0 Å². The fraction of sp³-hybridized carbons (Fsp3) is 0.0435. The highest BCUT2D eigenvalue weighted by Gasteiger charge is 2.22. The van der Waals surface area contributed by atoms with E-state index in [0.29, 0.717) is 33.9 Å². The van der Waals surface area contributed by atoms with Crippen molar-refractivity contribution in [3.05, 3.63) is 84.6 Å². The number of pyridine rings is 1. The van der Waals surface area contributed by atoms with Crippen LogP contribution in [0.1, 0.15) is 10.4 Å². The summed E-state index contributed by atoms with van der Waals surface area (Å²) >= 11 is 0. The molecule has 0 aliphatic carbocycles. The van der Waals surface area contributed by atoms with Crippen LogP contribution in [0.15, 0.2) is 83.5 Å². The van der Waals surface area contributed by atoms with Gasteiger partial charge in [-0.2, -0.15) is 5.10 Å². The fourth-order valence-electron chi connectivity index (χ4n) is 3.35. The van der Waals surface area contributed by atoms with Crippen molar-refractivity contribution in [2.24, 2.45) is 7.05 Å². The largest absolute Gasteiger partial charge is 0.335 e. The second kappa shape index (κ2) is 7.29. The number of fused-ring (bicyclic) bond motifs is 1. The van der Waals surface area contributed by atoms with Crippen molar-refractivity contribution in [2.75, 3.05) is 5.32 Å². The summed E-state index contributed by atoms with van der Waals surface area (Å²) < 4.78 is 7.18. The van der Waals surface area contributed by atoms with Gasteiger partial charge in [0.2, 0.25) is 0 Å². The quantitative estimate of drug-likeness (QED) is 0.483. The lowest BCUT2D eigenvalue weighted by Crippen LogP contribution is -2.13. The molecule has 1 amide bonds. The normalized spacial score (nSPS) is 11.0. The molecular weight excluding hydrogens is 378 g/mol. The van der Waals surface area contributed by atoms with E-state index in [1.54, 1.807) is 30.1 Å². The first-order valence-corrected chi connectivity index (χ1v) is 9.41. The van der Waals surface area contributed by atoms with Gasteiger partial charge in [-0.3, -0.25) is 9.48 Å². The van der Waals surface area contributed by atoms with Crippen LogP contribution in [0.2, 0.25) is 0 Å². The molecule has 0 spiro atoms. The molecule has 2 aromatic carbocycles. The molecule has 146 valence electrons. The minimum absolute atomic E-state index is 0.307. The second-order valence-corrected chi connectivity index (χ2v) is 6.83. The van der Waals surface area contributed by atoms with Gasteiger partial charge in [0.25, 0.3) is 11.6 Å². The number of benzene rings is 2. The monoisotopic (exact) mass is 395 g/mol. The summed E-state index contributed by atoms with van der Waals surface area (Å²) in [6, 6.07) is 22.7. The minimum atomic E-state index is -0.307. The minimum Gasteiger partial charge on any atom is -0.335 e. The highest BCUT2D eigenvalue weighted by molar-refractivity contribution is 6.15. The molecule has 5 rings (SSSR count). The third-order valence-electron chi connectivity index (χ3n) is 4.76. The summed E-state index contributed by atoms with van der Waals surface area (Å²) in [5, 5.41) is 11.9. The topological polar surface area (TPSA) is 85.8 Å². The summed E-state index contributed by atoms with van der Waals surface area (Å²) in [5.41, 5.74) is 3.65. The van der Waals surface area contributed by atoms with Crippen molar-refractivity contribution in [1.29, 1.82) is 0 Å². The van der Waals surface area contributed by atoms with E-state index in [9.17, 15) is 4.79 Å². The molecule has 0 fully saturated rings. The Labute approximate surface area is 172 Å². The molecule has 7 nitrogen and oxygen atoms in total. The van der Waals surface area contributed by atoms with E-state index in [0.717, 1.165) is 11.1 Å². The van der Waals surface area contributed by atoms with Gasteiger partial charge in [0.1, 0.15) is 5.69 Å². The molecule has 3 aromatic heterocycles. The van der Waals surface area contributed by atoms with E-state index >= 15 is 0 Å². The number of carbonyl (C=O) groups excluding carboxylic acids is 1. The maximum atomic E-state index is 13.2. The van der Waals surface area contributed by atoms with Crippen LogP contribution in [0.4, 0.5) is 5.82 Å². The Morgan fingerprint density at radius 1 is 0.967 bits per heavy atom. The molecule has 7 heteroatoms. The highest BCUT2D eigenvalue weighted by Crippen LogP contribution is 2.33. The SMILES string of the molecule is Cn1ccc(NC(=O)c2cc(-c3ccccc3)nc3onc(-c4ccccc4)c23)n1. The number of hydrogen-bond acceptors (Lipinski definition) is 5. The van der Waals surface area contributed by atoms with E-state index in [4.69, 9.17) is 4.52 Å². The van der Waals surface area contributed by atoms with Crippen LogP contribution in [0.3, 0.4) is 0 Å². The van der Waals surface area contributed by atoms with Crippen LogP contribution in [0.25, 0.3) is 33.6 Å². The average Bonchev–Trinajstić information content (AvgIpc) is 3.40. The summed E-state index contributed by atoms with van der Waals surface area (Å²) in [5.74, 6) is 0.158. The van der Waals surface area contributed by atoms with E-state index in [1.165, 1.54) is 0 Å². The smallest absolute Gasteiger partial charge is 0.259 e. The van der Waals surface area contributed by atoms with Gasteiger partial charge >= 0.3 is 0 Å². The summed E-state index contributed by atoms with van der Waals surface area (Å²) in [6.45, 7) is 0. The van der Waals surface area contributed by atoms with Crippen molar-refractivity contribution < 1.29 is 9.32 Å². The number of anilines is 1. The Hall–Kier alpha value is -4.26. The number of hydrogen-bond donors (Lipinski definition) is 1. The molecule has 0 saturated heterocycles. The number of nitrogens with zero attached hydrogens (tertiary/aromatic N) is 4. The number of carbonyl (C=O) groups is 1. The number of rotatable bonds is 4. The van der Waals surface area contributed by atoms with Gasteiger partial charge in [-0.25, -0.2) is 4.98 Å². The Morgan fingerprint density at radius 2 is 1.67 bits per heavy atom. The van der Waals surface area contributed by atoms with E-state index < -0.39 is 0 Å². The van der Waals surface area contributed by atoms with Gasteiger partial charge in [-0.1, -0.05) is 65.8 Å². The van der Waals surface area contributed by atoms with E-state index in [-0.39, 0.29) is 5.91 Å². The van der Waals surface area contributed by atoms with Gasteiger partial charge in [0.05, 0.1) is 16.6 Å². The molecule has 0 atom stereocenters. The number of aromatic nitrogens is 4. The average molecular weight is 395 g/mol. The van der Waals surface area contributed by atoms with Gasteiger partial charge in [-0.05, 0) is 6.07 Å². The first kappa shape index (κ1) is 17.8. The standard InChI is InChI=1S/C23H17N5O2/c1-28-13-12-19(26-28)25-22(29)17-14-18(15-8-4-2-5-9-15)24-23-20(17)21(27-30-23)16-10-6-3-7-11-16/h2-14H,1H3,(H,25,26,29). The van der Waals surface area contributed by atoms with Gasteiger partial charge in [-0.15, -0.1) is 0 Å². The first-order valence-electron chi connectivity index (χ1n) is 9.41. The Balaban J connectivity index is 1.70. The van der Waals surface area contributed by atoms with Gasteiger partial charge < -0.3 is 9.84 Å². The zero-order chi connectivity index (χ0) is 20.5. The maximum absolute atomic E-state index is 13.2. The molecular formula is C23H17N5O2. The van der Waals surface area contributed by atoms with E-state index in [2.05, 4.69) is 20.6 Å². The molecule has 1 N–H and O–H groups in total. The Morgan fingerprint density at radius 3 is 2.33 bits per heavy atom. The lowest BCUT2D eigenvalue weighted by atomic mass is 10.0. The Kier molecular flexibility index (Phi) is 4.33. The third-order valence-corrected chi connectivity index (χ3v) is 4.76. The van der Waals surface area contributed by atoms with Crippen molar-refractivity contribution in [3.63, 3.8) is 0 Å². The fourth-order valence-corrected chi connectivity index (χ4v) is 3.35. The van der Waals surface area contributed by atoms with Crippen LogP contribution in [0.5, 0.6) is 0 Å². The van der Waals surface area contributed by atoms with E-state index in [1.807, 2.05) is 60.7 Å². The van der Waals surface area contributed by atoms with Crippen LogP contribution < -0.4 is 5.32 Å². The number of amides is 1. The second-order valence-electron chi connectivity index (χ2n) is 6.83. The predicted octanol–water partition coefficient (Wildman–Crippen LogP) is 4.54. The predicted molar refractivity (Wildman–Crippen MR) is 114 cm³/mol. The molecule has 0 bridgehead atoms. The third kappa shape index (κ3) is 3.22. The molecule has 0 saturated carbocycles. The van der Waals surface area contributed by atoms with Gasteiger partial charge in [0.15, 0.2) is 5.82 Å². The van der Waals surface area contributed by atoms with Crippen molar-refractivity contribution in [3.8, 4) is 22.5 Å². The molecule has 3 heterocycles. The molecule has 30 heavy (non-hydrogen) atoms.